The van der Waals surface area contributed by atoms with Crippen LogP contribution in [0.1, 0.15) is 5.56 Å². The summed E-state index contributed by atoms with van der Waals surface area (Å²) in [7, 11) is 0. The highest BCUT2D eigenvalue weighted by molar-refractivity contribution is 7.80. The van der Waals surface area contributed by atoms with Crippen LogP contribution in [0.4, 0.5) is 0 Å². The molecule has 2 aromatic rings. The van der Waals surface area contributed by atoms with Gasteiger partial charge < -0.3 is 14.6 Å². The van der Waals surface area contributed by atoms with Gasteiger partial charge in [-0.3, -0.25) is 4.90 Å². The van der Waals surface area contributed by atoms with E-state index in [9.17, 15) is 0 Å². The Morgan fingerprint density at radius 1 is 1.32 bits per heavy atom. The van der Waals surface area contributed by atoms with E-state index in [0.29, 0.717) is 11.7 Å². The number of aromatic nitrogens is 1. The van der Waals surface area contributed by atoms with Crippen LogP contribution in [0.3, 0.4) is 0 Å². The molecule has 0 radical (unpaired) electrons. The zero-order valence-corrected chi connectivity index (χ0v) is 16.2. The molecule has 8 heteroatoms. The minimum atomic E-state index is 0.517. The fourth-order valence-electron chi connectivity index (χ4n) is 2.59. The first kappa shape index (κ1) is 18.5. The lowest BCUT2D eigenvalue weighted by atomic mass is 10.2. The van der Waals surface area contributed by atoms with Crippen molar-refractivity contribution < 1.29 is 4.74 Å². The molecule has 1 aliphatic rings. The Bertz CT molecular complexity index is 768. The van der Waals surface area contributed by atoms with Crippen molar-refractivity contribution in [2.45, 2.75) is 6.54 Å². The molecular formula is C17H21ClN4OS2. The van der Waals surface area contributed by atoms with Crippen LogP contribution in [0.25, 0.3) is 0 Å². The van der Waals surface area contributed by atoms with Gasteiger partial charge in [-0.15, -0.1) is 11.3 Å². The van der Waals surface area contributed by atoms with Crippen molar-refractivity contribution in [1.29, 1.82) is 0 Å². The third-order valence-corrected chi connectivity index (χ3v) is 5.36. The van der Waals surface area contributed by atoms with E-state index in [0.717, 1.165) is 54.8 Å². The van der Waals surface area contributed by atoms with Gasteiger partial charge >= 0.3 is 0 Å². The van der Waals surface area contributed by atoms with Gasteiger partial charge in [-0.2, -0.15) is 4.99 Å². The number of morpholine rings is 1. The number of hydrogen-bond donors (Lipinski definition) is 1. The van der Waals surface area contributed by atoms with Gasteiger partial charge in [0.2, 0.25) is 0 Å². The lowest BCUT2D eigenvalue weighted by Gasteiger charge is -2.26. The summed E-state index contributed by atoms with van der Waals surface area (Å²) in [6.45, 7) is 6.00. The van der Waals surface area contributed by atoms with Crippen LogP contribution in [-0.2, 0) is 11.3 Å². The van der Waals surface area contributed by atoms with E-state index in [2.05, 4.69) is 19.8 Å². The number of nitrogens with zero attached hydrogens (tertiary/aromatic N) is 3. The van der Waals surface area contributed by atoms with E-state index >= 15 is 0 Å². The molecule has 1 saturated heterocycles. The molecule has 3 rings (SSSR count). The zero-order chi connectivity index (χ0) is 17.5. The number of benzene rings is 1. The predicted octanol–water partition coefficient (Wildman–Crippen LogP) is 2.36. The van der Waals surface area contributed by atoms with Crippen LogP contribution in [0.15, 0.2) is 40.8 Å². The molecule has 1 aromatic carbocycles. The summed E-state index contributed by atoms with van der Waals surface area (Å²) in [5, 5.41) is 6.51. The van der Waals surface area contributed by atoms with Gasteiger partial charge in [-0.05, 0) is 23.8 Å². The second kappa shape index (κ2) is 9.45. The molecule has 134 valence electrons. The molecule has 25 heavy (non-hydrogen) atoms. The molecule has 0 atom stereocenters. The van der Waals surface area contributed by atoms with Crippen LogP contribution in [0.2, 0.25) is 5.02 Å². The SMILES string of the molecule is S=C(/N=c1\sccn1Cc1ccccc1Cl)NCCN1CCOCC1. The second-order valence-electron chi connectivity index (χ2n) is 5.70. The average Bonchev–Trinajstić information content (AvgIpc) is 3.04. The molecule has 0 unspecified atom stereocenters. The number of thiazole rings is 1. The van der Waals surface area contributed by atoms with E-state index < -0.39 is 0 Å². The number of halogens is 1. The first-order chi connectivity index (χ1) is 12.2. The molecular weight excluding hydrogens is 376 g/mol. The summed E-state index contributed by atoms with van der Waals surface area (Å²) in [5.74, 6) is 0. The largest absolute Gasteiger partial charge is 0.379 e. The van der Waals surface area contributed by atoms with E-state index in [-0.39, 0.29) is 0 Å². The number of rotatable bonds is 5. The number of nitrogens with one attached hydrogen (secondary N) is 1. The van der Waals surface area contributed by atoms with E-state index in [1.54, 1.807) is 11.3 Å². The lowest BCUT2D eigenvalue weighted by molar-refractivity contribution is 0.0389. The average molecular weight is 397 g/mol. The molecule has 1 aromatic heterocycles. The fourth-order valence-corrected chi connectivity index (χ4v) is 3.77. The summed E-state index contributed by atoms with van der Waals surface area (Å²) in [6.07, 6.45) is 2.00. The van der Waals surface area contributed by atoms with Gasteiger partial charge in [0, 0.05) is 42.8 Å². The maximum Gasteiger partial charge on any atom is 0.195 e. The summed E-state index contributed by atoms with van der Waals surface area (Å²) < 4.78 is 7.41. The van der Waals surface area contributed by atoms with Gasteiger partial charge in [-0.1, -0.05) is 29.8 Å². The van der Waals surface area contributed by atoms with E-state index in [1.807, 2.05) is 35.8 Å². The van der Waals surface area contributed by atoms with Gasteiger partial charge in [0.1, 0.15) is 0 Å². The Hall–Kier alpha value is -1.25. The molecule has 2 heterocycles. The van der Waals surface area contributed by atoms with Crippen molar-refractivity contribution in [3.05, 3.63) is 51.2 Å². The summed E-state index contributed by atoms with van der Waals surface area (Å²) in [6, 6.07) is 7.85. The highest BCUT2D eigenvalue weighted by Crippen LogP contribution is 2.15. The van der Waals surface area contributed by atoms with E-state index in [4.69, 9.17) is 28.6 Å². The molecule has 1 aliphatic heterocycles. The Balaban J connectivity index is 1.57. The van der Waals surface area contributed by atoms with Crippen LogP contribution in [0.5, 0.6) is 0 Å². The first-order valence-corrected chi connectivity index (χ1v) is 9.89. The number of hydrogen-bond acceptors (Lipinski definition) is 4. The third-order valence-electron chi connectivity index (χ3n) is 3.96. The van der Waals surface area contributed by atoms with Gasteiger partial charge in [0.15, 0.2) is 9.91 Å². The molecule has 5 nitrogen and oxygen atoms in total. The van der Waals surface area contributed by atoms with Crippen molar-refractivity contribution in [2.24, 2.45) is 4.99 Å². The quantitative estimate of drug-likeness (QED) is 0.788. The van der Waals surface area contributed by atoms with Crippen molar-refractivity contribution >= 4 is 40.3 Å². The molecule has 1 fully saturated rings. The van der Waals surface area contributed by atoms with Gasteiger partial charge in [0.05, 0.1) is 19.8 Å². The Morgan fingerprint density at radius 2 is 2.12 bits per heavy atom. The van der Waals surface area contributed by atoms with Crippen LogP contribution in [0, 0.1) is 0 Å². The van der Waals surface area contributed by atoms with Crippen LogP contribution >= 0.6 is 35.2 Å². The maximum atomic E-state index is 6.25. The maximum absolute atomic E-state index is 6.25. The topological polar surface area (TPSA) is 41.8 Å². The number of ether oxygens (including phenoxy) is 1. The molecule has 0 bridgehead atoms. The standard InChI is InChI=1S/C17H21ClN4OS2/c18-15-4-2-1-3-14(15)13-22-9-12-25-17(22)20-16(24)19-5-6-21-7-10-23-11-8-21/h1-4,9,12H,5-8,10-11,13H2,(H,19,24)/b20-17-. The molecule has 1 N–H and O–H groups in total. The van der Waals surface area contributed by atoms with Crippen LogP contribution in [-0.4, -0.2) is 54.0 Å². The Morgan fingerprint density at radius 3 is 2.92 bits per heavy atom. The normalized spacial score (nSPS) is 16.1. The highest BCUT2D eigenvalue weighted by atomic mass is 35.5. The van der Waals surface area contributed by atoms with Crippen molar-refractivity contribution in [2.75, 3.05) is 39.4 Å². The zero-order valence-electron chi connectivity index (χ0n) is 13.9. The fraction of sp³-hybridized carbons (Fsp3) is 0.412. The monoisotopic (exact) mass is 396 g/mol. The third kappa shape index (κ3) is 5.62. The second-order valence-corrected chi connectivity index (χ2v) is 7.37. The van der Waals surface area contributed by atoms with Crippen molar-refractivity contribution in [1.82, 2.24) is 14.8 Å². The van der Waals surface area contributed by atoms with Crippen LogP contribution < -0.4 is 10.1 Å². The van der Waals surface area contributed by atoms with Gasteiger partial charge in [0.25, 0.3) is 0 Å². The highest BCUT2D eigenvalue weighted by Gasteiger charge is 2.09. The minimum absolute atomic E-state index is 0.517. The Kier molecular flexibility index (Phi) is 7.01. The van der Waals surface area contributed by atoms with Crippen molar-refractivity contribution in [3.63, 3.8) is 0 Å². The first-order valence-electron chi connectivity index (χ1n) is 8.22. The molecule has 0 aliphatic carbocycles. The smallest absolute Gasteiger partial charge is 0.195 e. The van der Waals surface area contributed by atoms with Gasteiger partial charge in [-0.25, -0.2) is 0 Å². The molecule has 0 saturated carbocycles. The molecule has 0 spiro atoms. The van der Waals surface area contributed by atoms with Crippen molar-refractivity contribution in [3.8, 4) is 0 Å². The molecule has 0 amide bonds. The summed E-state index contributed by atoms with van der Waals surface area (Å²) in [5.41, 5.74) is 1.07. The Labute approximate surface area is 161 Å². The number of thiocarbonyl (C=S) groups is 1. The lowest BCUT2D eigenvalue weighted by Crippen LogP contribution is -2.41. The predicted molar refractivity (Wildman–Crippen MR) is 106 cm³/mol. The minimum Gasteiger partial charge on any atom is -0.379 e. The van der Waals surface area contributed by atoms with E-state index in [1.165, 1.54) is 0 Å². The summed E-state index contributed by atoms with van der Waals surface area (Å²) >= 11 is 13.2. The summed E-state index contributed by atoms with van der Waals surface area (Å²) in [4.78, 5) is 7.77.